The Bertz CT molecular complexity index is 674. The maximum atomic E-state index is 12.8. The van der Waals surface area contributed by atoms with Crippen molar-refractivity contribution < 1.29 is 9.46 Å². The molecule has 0 aliphatic heterocycles. The van der Waals surface area contributed by atoms with Gasteiger partial charge in [-0.2, -0.15) is 0 Å². The van der Waals surface area contributed by atoms with Crippen LogP contribution < -0.4 is 22.1 Å². The Labute approximate surface area is 155 Å². The number of benzene rings is 2. The molecular formula is C12H9Br4N2O2P. The molecule has 0 fully saturated rings. The van der Waals surface area contributed by atoms with Gasteiger partial charge in [-0.1, -0.05) is 0 Å². The smallest absolute Gasteiger partial charge is 0.258 e. The Morgan fingerprint density at radius 2 is 1.00 bits per heavy atom. The lowest BCUT2D eigenvalue weighted by Gasteiger charge is -2.16. The Hall–Kier alpha value is 0.150. The fourth-order valence-electron chi connectivity index (χ4n) is 1.64. The molecular weight excluding hydrogens is 555 g/mol. The predicted octanol–water partition coefficient (Wildman–Crippen LogP) is 4.12. The normalized spacial score (nSPS) is 11.7. The first kappa shape index (κ1) is 17.5. The quantitative estimate of drug-likeness (QED) is 0.379. The highest BCUT2D eigenvalue weighted by molar-refractivity contribution is 9.11. The SMILES string of the molecule is Nc1c(Br)cc(P(=O)(O)c2cc(Br)c(N)c(Br)c2)cc1Br. The van der Waals surface area contributed by atoms with Crippen molar-refractivity contribution >= 4 is 93.1 Å². The molecule has 2 aromatic carbocycles. The first-order valence-electron chi connectivity index (χ1n) is 5.47. The van der Waals surface area contributed by atoms with E-state index >= 15 is 0 Å². The summed E-state index contributed by atoms with van der Waals surface area (Å²) in [5.74, 6) is 0. The largest absolute Gasteiger partial charge is 0.397 e. The summed E-state index contributed by atoms with van der Waals surface area (Å²) < 4.78 is 15.0. The number of anilines is 2. The lowest BCUT2D eigenvalue weighted by molar-refractivity contribution is 0.501. The molecule has 0 bridgehead atoms. The van der Waals surface area contributed by atoms with E-state index in [1.807, 2.05) is 0 Å². The summed E-state index contributed by atoms with van der Waals surface area (Å²) in [7, 11) is -3.78. The molecule has 4 nitrogen and oxygen atoms in total. The Morgan fingerprint density at radius 3 is 1.24 bits per heavy atom. The second kappa shape index (κ2) is 6.34. The predicted molar refractivity (Wildman–Crippen MR) is 102 cm³/mol. The van der Waals surface area contributed by atoms with E-state index in [1.54, 1.807) is 24.3 Å². The summed E-state index contributed by atoms with van der Waals surface area (Å²) in [6.07, 6.45) is 0. The first-order chi connectivity index (χ1) is 9.64. The van der Waals surface area contributed by atoms with Crippen LogP contribution >= 0.6 is 71.1 Å². The minimum Gasteiger partial charge on any atom is -0.397 e. The number of rotatable bonds is 2. The molecule has 0 saturated carbocycles. The van der Waals surface area contributed by atoms with Crippen LogP contribution in [0.5, 0.6) is 0 Å². The Morgan fingerprint density at radius 1 is 0.762 bits per heavy atom. The van der Waals surface area contributed by atoms with Crippen LogP contribution in [0.25, 0.3) is 0 Å². The van der Waals surface area contributed by atoms with Crippen LogP contribution in [0.2, 0.25) is 0 Å². The fourth-order valence-corrected chi connectivity index (χ4v) is 6.24. The molecule has 21 heavy (non-hydrogen) atoms. The fraction of sp³-hybridized carbons (Fsp3) is 0. The monoisotopic (exact) mass is 560 g/mol. The second-order valence-corrected chi connectivity index (χ2v) is 9.82. The van der Waals surface area contributed by atoms with Gasteiger partial charge in [0.05, 0.1) is 11.4 Å². The van der Waals surface area contributed by atoms with Crippen molar-refractivity contribution in [3.8, 4) is 0 Å². The van der Waals surface area contributed by atoms with Gasteiger partial charge in [-0.25, -0.2) is 0 Å². The van der Waals surface area contributed by atoms with Gasteiger partial charge in [-0.15, -0.1) is 0 Å². The summed E-state index contributed by atoms with van der Waals surface area (Å²) in [6, 6.07) is 6.16. The topological polar surface area (TPSA) is 89.3 Å². The average molecular weight is 564 g/mol. The third-order valence-corrected chi connectivity index (χ3v) is 7.37. The third kappa shape index (κ3) is 3.41. The zero-order valence-electron chi connectivity index (χ0n) is 10.3. The minimum absolute atomic E-state index is 0.263. The van der Waals surface area contributed by atoms with Crippen molar-refractivity contribution in [2.45, 2.75) is 0 Å². The van der Waals surface area contributed by atoms with E-state index in [0.717, 1.165) is 0 Å². The molecule has 0 radical (unpaired) electrons. The molecule has 5 N–H and O–H groups in total. The summed E-state index contributed by atoms with van der Waals surface area (Å²) in [6.45, 7) is 0. The van der Waals surface area contributed by atoms with Crippen molar-refractivity contribution in [3.63, 3.8) is 0 Å². The number of nitrogen functional groups attached to an aromatic ring is 2. The maximum Gasteiger partial charge on any atom is 0.258 e. The van der Waals surface area contributed by atoms with Crippen LogP contribution in [0.1, 0.15) is 0 Å². The van der Waals surface area contributed by atoms with Crippen molar-refractivity contribution in [3.05, 3.63) is 42.2 Å². The summed E-state index contributed by atoms with van der Waals surface area (Å²) >= 11 is 13.1. The van der Waals surface area contributed by atoms with Crippen LogP contribution in [0, 0.1) is 0 Å². The third-order valence-electron chi connectivity index (χ3n) is 2.83. The zero-order valence-corrected chi connectivity index (χ0v) is 17.5. The molecule has 0 unspecified atom stereocenters. The van der Waals surface area contributed by atoms with Gasteiger partial charge in [-0.3, -0.25) is 4.57 Å². The first-order valence-corrected chi connectivity index (χ1v) is 10.3. The maximum absolute atomic E-state index is 12.8. The molecule has 0 amide bonds. The van der Waals surface area contributed by atoms with Crippen molar-refractivity contribution in [1.29, 1.82) is 0 Å². The van der Waals surface area contributed by atoms with Gasteiger partial charge in [0.15, 0.2) is 0 Å². The van der Waals surface area contributed by atoms with E-state index in [-0.39, 0.29) is 10.6 Å². The van der Waals surface area contributed by atoms with E-state index in [9.17, 15) is 9.46 Å². The number of hydrogen-bond acceptors (Lipinski definition) is 3. The van der Waals surface area contributed by atoms with Crippen LogP contribution in [0.4, 0.5) is 11.4 Å². The molecule has 0 spiro atoms. The molecule has 2 rings (SSSR count). The molecule has 9 heteroatoms. The van der Waals surface area contributed by atoms with Crippen LogP contribution in [0.15, 0.2) is 42.2 Å². The number of hydrogen-bond donors (Lipinski definition) is 3. The van der Waals surface area contributed by atoms with Gasteiger partial charge < -0.3 is 16.4 Å². The summed E-state index contributed by atoms with van der Waals surface area (Å²) in [5.41, 5.74) is 12.5. The zero-order chi connectivity index (χ0) is 15.9. The lowest BCUT2D eigenvalue weighted by Crippen LogP contribution is -2.17. The molecule has 0 aliphatic rings. The molecule has 0 atom stereocenters. The average Bonchev–Trinajstić information content (AvgIpc) is 2.40. The Balaban J connectivity index is 2.65. The number of nitrogens with two attached hydrogens (primary N) is 2. The van der Waals surface area contributed by atoms with Gasteiger partial charge in [0.25, 0.3) is 7.37 Å². The van der Waals surface area contributed by atoms with Gasteiger partial charge in [-0.05, 0) is 88.0 Å². The highest BCUT2D eigenvalue weighted by Gasteiger charge is 2.27. The molecule has 0 saturated heterocycles. The van der Waals surface area contributed by atoms with E-state index in [1.165, 1.54) is 0 Å². The van der Waals surface area contributed by atoms with Crippen LogP contribution in [-0.2, 0) is 4.57 Å². The van der Waals surface area contributed by atoms with Crippen molar-refractivity contribution in [1.82, 2.24) is 0 Å². The second-order valence-electron chi connectivity index (χ2n) is 4.22. The van der Waals surface area contributed by atoms with E-state index in [0.29, 0.717) is 29.3 Å². The molecule has 112 valence electrons. The van der Waals surface area contributed by atoms with Crippen molar-refractivity contribution in [2.24, 2.45) is 0 Å². The lowest BCUT2D eigenvalue weighted by atomic mass is 10.3. The standard InChI is InChI=1S/C12H9Br4N2O2P/c13-7-1-5(2-8(14)11(7)17)21(19,20)6-3-9(15)12(18)10(16)4-6/h1-4H,17-18H2,(H,19,20). The van der Waals surface area contributed by atoms with Crippen LogP contribution in [0.3, 0.4) is 0 Å². The highest BCUT2D eigenvalue weighted by Crippen LogP contribution is 2.43. The van der Waals surface area contributed by atoms with Gasteiger partial charge in [0.2, 0.25) is 0 Å². The van der Waals surface area contributed by atoms with Crippen LogP contribution in [-0.4, -0.2) is 4.89 Å². The molecule has 2 aromatic rings. The molecule has 0 heterocycles. The molecule has 0 aromatic heterocycles. The molecule has 0 aliphatic carbocycles. The van der Waals surface area contributed by atoms with E-state index in [2.05, 4.69) is 63.7 Å². The minimum atomic E-state index is -3.78. The van der Waals surface area contributed by atoms with Gasteiger partial charge in [0.1, 0.15) is 0 Å². The Kier molecular flexibility index (Phi) is 5.28. The summed E-state index contributed by atoms with van der Waals surface area (Å²) in [5, 5.41) is 0.526. The van der Waals surface area contributed by atoms with E-state index < -0.39 is 7.37 Å². The number of halogens is 4. The summed E-state index contributed by atoms with van der Waals surface area (Å²) in [4.78, 5) is 10.5. The van der Waals surface area contributed by atoms with E-state index in [4.69, 9.17) is 11.5 Å². The van der Waals surface area contributed by atoms with Gasteiger partial charge in [0, 0.05) is 28.5 Å². The highest BCUT2D eigenvalue weighted by atomic mass is 79.9. The van der Waals surface area contributed by atoms with Crippen molar-refractivity contribution in [2.75, 3.05) is 11.5 Å². The van der Waals surface area contributed by atoms with Gasteiger partial charge >= 0.3 is 0 Å².